The fourth-order valence-corrected chi connectivity index (χ4v) is 4.74. The Morgan fingerprint density at radius 1 is 1.14 bits per heavy atom. The molecule has 2 fully saturated rings. The smallest absolute Gasteiger partial charge is 0.253 e. The molecule has 1 aromatic carbocycles. The van der Waals surface area contributed by atoms with Gasteiger partial charge in [0.25, 0.3) is 5.91 Å². The Balaban J connectivity index is 1.73. The summed E-state index contributed by atoms with van der Waals surface area (Å²) in [4.78, 5) is 28.6. The third kappa shape index (κ3) is 4.90. The van der Waals surface area contributed by atoms with Crippen molar-refractivity contribution in [1.82, 2.24) is 14.5 Å². The molecule has 0 bridgehead atoms. The van der Waals surface area contributed by atoms with Crippen LogP contribution in [0.25, 0.3) is 0 Å². The van der Waals surface area contributed by atoms with E-state index >= 15 is 0 Å². The van der Waals surface area contributed by atoms with Crippen LogP contribution in [0.4, 0.5) is 5.69 Å². The first kappa shape index (κ1) is 21.6. The Labute approximate surface area is 172 Å². The molecule has 3 rings (SSSR count). The molecule has 0 aromatic heterocycles. The highest BCUT2D eigenvalue weighted by molar-refractivity contribution is 7.89. The molecule has 9 heteroatoms. The third-order valence-corrected chi connectivity index (χ3v) is 7.31. The van der Waals surface area contributed by atoms with Gasteiger partial charge in [-0.2, -0.15) is 0 Å². The lowest BCUT2D eigenvalue weighted by Crippen LogP contribution is -2.32. The second-order valence-corrected chi connectivity index (χ2v) is 9.91. The number of anilines is 1. The minimum absolute atomic E-state index is 0.110. The minimum atomic E-state index is -3.62. The number of amides is 2. The number of carbonyl (C=O) groups is 2. The fraction of sp³-hybridized carbons (Fsp3) is 0.600. The van der Waals surface area contributed by atoms with Gasteiger partial charge in [-0.15, -0.1) is 0 Å². The lowest BCUT2D eigenvalue weighted by atomic mass is 10.1. The molecule has 2 saturated heterocycles. The van der Waals surface area contributed by atoms with Crippen molar-refractivity contribution in [3.63, 3.8) is 0 Å². The Kier molecular flexibility index (Phi) is 6.79. The average Bonchev–Trinajstić information content (AvgIpc) is 3.36. The second kappa shape index (κ2) is 9.13. The Morgan fingerprint density at radius 2 is 1.86 bits per heavy atom. The van der Waals surface area contributed by atoms with Crippen molar-refractivity contribution in [3.8, 4) is 0 Å². The molecule has 160 valence electrons. The first-order valence-electron chi connectivity index (χ1n) is 10.2. The number of hydrogen-bond acceptors (Lipinski definition) is 5. The summed E-state index contributed by atoms with van der Waals surface area (Å²) >= 11 is 0. The molecule has 0 radical (unpaired) electrons. The van der Waals surface area contributed by atoms with Crippen molar-refractivity contribution in [2.75, 3.05) is 51.7 Å². The minimum Gasteiger partial charge on any atom is -0.371 e. The third-order valence-electron chi connectivity index (χ3n) is 5.50. The van der Waals surface area contributed by atoms with Crippen LogP contribution in [-0.4, -0.2) is 76.3 Å². The summed E-state index contributed by atoms with van der Waals surface area (Å²) in [5, 5.41) is 2.90. The molecule has 0 unspecified atom stereocenters. The molecular formula is C20H30N4O4S. The molecule has 0 aliphatic carbocycles. The number of hydrogen-bond donors (Lipinski definition) is 1. The molecule has 0 spiro atoms. The van der Waals surface area contributed by atoms with Crippen LogP contribution in [0, 0.1) is 0 Å². The van der Waals surface area contributed by atoms with E-state index in [2.05, 4.69) is 10.2 Å². The molecule has 1 N–H and O–H groups in total. The van der Waals surface area contributed by atoms with E-state index in [1.165, 1.54) is 20.2 Å². The van der Waals surface area contributed by atoms with Gasteiger partial charge in [0.1, 0.15) is 0 Å². The maximum atomic E-state index is 12.9. The lowest BCUT2D eigenvalue weighted by Gasteiger charge is -2.22. The van der Waals surface area contributed by atoms with Crippen LogP contribution >= 0.6 is 0 Å². The van der Waals surface area contributed by atoms with Crippen LogP contribution in [0.2, 0.25) is 0 Å². The molecule has 1 aromatic rings. The number of benzene rings is 1. The van der Waals surface area contributed by atoms with Crippen LogP contribution in [0.1, 0.15) is 42.5 Å². The predicted molar refractivity (Wildman–Crippen MR) is 112 cm³/mol. The van der Waals surface area contributed by atoms with Crippen molar-refractivity contribution in [2.24, 2.45) is 0 Å². The highest BCUT2D eigenvalue weighted by Crippen LogP contribution is 2.28. The number of rotatable bonds is 8. The zero-order valence-electron chi connectivity index (χ0n) is 17.2. The molecular weight excluding hydrogens is 392 g/mol. The SMILES string of the molecule is CN(C)S(=O)(=O)c1ccc(N2CCCC2)c(C(=O)NCCCN2CCCC2=O)c1. The highest BCUT2D eigenvalue weighted by atomic mass is 32.2. The van der Waals surface area contributed by atoms with Gasteiger partial charge in [-0.05, 0) is 43.9 Å². The van der Waals surface area contributed by atoms with Crippen LogP contribution in [-0.2, 0) is 14.8 Å². The van der Waals surface area contributed by atoms with Crippen LogP contribution in [0.3, 0.4) is 0 Å². The van der Waals surface area contributed by atoms with Crippen LogP contribution in [0.15, 0.2) is 23.1 Å². The summed E-state index contributed by atoms with van der Waals surface area (Å²) in [7, 11) is -0.674. The Morgan fingerprint density at radius 3 is 2.48 bits per heavy atom. The Hall–Kier alpha value is -2.13. The number of carbonyl (C=O) groups excluding carboxylic acids is 2. The van der Waals surface area contributed by atoms with Crippen molar-refractivity contribution in [1.29, 1.82) is 0 Å². The molecule has 2 amide bonds. The van der Waals surface area contributed by atoms with Gasteiger partial charge in [0.05, 0.1) is 10.5 Å². The molecule has 2 heterocycles. The van der Waals surface area contributed by atoms with Gasteiger partial charge >= 0.3 is 0 Å². The van der Waals surface area contributed by atoms with E-state index in [1.54, 1.807) is 12.1 Å². The normalized spacial score (nSPS) is 17.4. The topological polar surface area (TPSA) is 90.0 Å². The molecule has 2 aliphatic heterocycles. The standard InChI is InChI=1S/C20H30N4O4S/c1-22(2)29(27,28)16-8-9-18(23-11-3-4-12-23)17(15-16)20(26)21-10-6-14-24-13-5-7-19(24)25/h8-9,15H,3-7,10-14H2,1-2H3,(H,21,26). The lowest BCUT2D eigenvalue weighted by molar-refractivity contribution is -0.127. The summed E-state index contributed by atoms with van der Waals surface area (Å²) in [5.41, 5.74) is 1.15. The van der Waals surface area contributed by atoms with E-state index in [1.807, 2.05) is 4.90 Å². The number of nitrogens with one attached hydrogen (secondary N) is 1. The predicted octanol–water partition coefficient (Wildman–Crippen LogP) is 1.28. The van der Waals surface area contributed by atoms with Crippen molar-refractivity contribution in [3.05, 3.63) is 23.8 Å². The molecule has 2 aliphatic rings. The van der Waals surface area contributed by atoms with Gasteiger partial charge in [0, 0.05) is 58.9 Å². The van der Waals surface area contributed by atoms with Crippen molar-refractivity contribution < 1.29 is 18.0 Å². The monoisotopic (exact) mass is 422 g/mol. The first-order valence-corrected chi connectivity index (χ1v) is 11.6. The highest BCUT2D eigenvalue weighted by Gasteiger charge is 2.25. The average molecular weight is 423 g/mol. The molecule has 0 atom stereocenters. The second-order valence-electron chi connectivity index (χ2n) is 7.75. The van der Waals surface area contributed by atoms with Gasteiger partial charge in [-0.1, -0.05) is 0 Å². The molecule has 0 saturated carbocycles. The van der Waals surface area contributed by atoms with Gasteiger partial charge < -0.3 is 15.1 Å². The summed E-state index contributed by atoms with van der Waals surface area (Å²) in [5.74, 6) is -0.107. The van der Waals surface area contributed by atoms with Gasteiger partial charge in [-0.25, -0.2) is 12.7 Å². The zero-order chi connectivity index (χ0) is 21.0. The molecule has 29 heavy (non-hydrogen) atoms. The van der Waals surface area contributed by atoms with E-state index in [0.29, 0.717) is 31.5 Å². The van der Waals surface area contributed by atoms with E-state index < -0.39 is 10.0 Å². The van der Waals surface area contributed by atoms with Crippen molar-refractivity contribution >= 4 is 27.5 Å². The van der Waals surface area contributed by atoms with Crippen molar-refractivity contribution in [2.45, 2.75) is 37.0 Å². The quantitative estimate of drug-likeness (QED) is 0.638. The molecule has 8 nitrogen and oxygen atoms in total. The van der Waals surface area contributed by atoms with E-state index in [0.717, 1.165) is 48.9 Å². The summed E-state index contributed by atoms with van der Waals surface area (Å²) in [6, 6.07) is 4.78. The zero-order valence-corrected chi connectivity index (χ0v) is 18.0. The van der Waals surface area contributed by atoms with E-state index in [4.69, 9.17) is 0 Å². The number of sulfonamides is 1. The van der Waals surface area contributed by atoms with E-state index in [-0.39, 0.29) is 16.7 Å². The number of likely N-dealkylation sites (tertiary alicyclic amines) is 1. The fourth-order valence-electron chi connectivity index (χ4n) is 3.81. The maximum absolute atomic E-state index is 12.9. The van der Waals surface area contributed by atoms with Crippen LogP contribution < -0.4 is 10.2 Å². The van der Waals surface area contributed by atoms with Gasteiger partial charge in [0.2, 0.25) is 15.9 Å². The van der Waals surface area contributed by atoms with Crippen LogP contribution in [0.5, 0.6) is 0 Å². The first-order chi connectivity index (χ1) is 13.8. The summed E-state index contributed by atoms with van der Waals surface area (Å²) in [6.45, 7) is 3.57. The van der Waals surface area contributed by atoms with Gasteiger partial charge in [-0.3, -0.25) is 9.59 Å². The summed E-state index contributed by atoms with van der Waals surface area (Å²) < 4.78 is 26.2. The van der Waals surface area contributed by atoms with Gasteiger partial charge in [0.15, 0.2) is 0 Å². The number of nitrogens with zero attached hydrogens (tertiary/aromatic N) is 3. The largest absolute Gasteiger partial charge is 0.371 e. The maximum Gasteiger partial charge on any atom is 0.253 e. The summed E-state index contributed by atoms with van der Waals surface area (Å²) in [6.07, 6.45) is 4.30. The van der Waals surface area contributed by atoms with E-state index in [9.17, 15) is 18.0 Å². The Bertz CT molecular complexity index is 863.